The number of carbonyl (C=O) groups excluding carboxylic acids is 3. The van der Waals surface area contributed by atoms with Crippen LogP contribution >= 0.6 is 0 Å². The predicted octanol–water partition coefficient (Wildman–Crippen LogP) is 1.69. The van der Waals surface area contributed by atoms with Crippen molar-refractivity contribution in [3.63, 3.8) is 0 Å². The van der Waals surface area contributed by atoms with E-state index >= 15 is 0 Å². The van der Waals surface area contributed by atoms with Gasteiger partial charge in [-0.1, -0.05) is 12.1 Å². The summed E-state index contributed by atoms with van der Waals surface area (Å²) in [7, 11) is 2.48. The van der Waals surface area contributed by atoms with Crippen LogP contribution in [0.4, 0.5) is 5.69 Å². The zero-order valence-corrected chi connectivity index (χ0v) is 15.9. The van der Waals surface area contributed by atoms with Crippen LogP contribution in [0.25, 0.3) is 0 Å². The zero-order chi connectivity index (χ0) is 20.5. The molecule has 8 nitrogen and oxygen atoms in total. The number of allylic oxidation sites excluding steroid dienone is 2. The molecule has 0 aliphatic carbocycles. The van der Waals surface area contributed by atoms with E-state index in [0.29, 0.717) is 18.0 Å². The molecule has 1 amide bonds. The van der Waals surface area contributed by atoms with Crippen molar-refractivity contribution >= 4 is 23.5 Å². The Balaban J connectivity index is 2.35. The molecule has 0 saturated carbocycles. The number of carbonyl (C=O) groups is 3. The Kier molecular flexibility index (Phi) is 7.38. The van der Waals surface area contributed by atoms with E-state index in [4.69, 9.17) is 14.2 Å². The number of hydrogen-bond donors (Lipinski definition) is 1. The highest BCUT2D eigenvalue weighted by molar-refractivity contribution is 6.05. The molecule has 0 atom stereocenters. The van der Waals surface area contributed by atoms with Gasteiger partial charge in [-0.25, -0.2) is 9.59 Å². The van der Waals surface area contributed by atoms with E-state index in [1.807, 2.05) is 0 Å². The third-order valence-electron chi connectivity index (χ3n) is 3.73. The Bertz CT molecular complexity index is 841. The van der Waals surface area contributed by atoms with Crippen LogP contribution < -0.4 is 15.0 Å². The summed E-state index contributed by atoms with van der Waals surface area (Å²) in [6.45, 7) is 2.08. The molecule has 1 aliphatic rings. The van der Waals surface area contributed by atoms with Crippen molar-refractivity contribution in [2.24, 2.45) is 0 Å². The second-order valence-corrected chi connectivity index (χ2v) is 5.64. The maximum atomic E-state index is 12.4. The average Bonchev–Trinajstić information content (AvgIpc) is 2.93. The van der Waals surface area contributed by atoms with Gasteiger partial charge in [-0.2, -0.15) is 0 Å². The molecule has 1 N–H and O–H groups in total. The lowest BCUT2D eigenvalue weighted by Crippen LogP contribution is -2.27. The van der Waals surface area contributed by atoms with E-state index in [-0.39, 0.29) is 23.8 Å². The first-order chi connectivity index (χ1) is 13.5. The van der Waals surface area contributed by atoms with Crippen molar-refractivity contribution in [3.05, 3.63) is 60.0 Å². The smallest absolute Gasteiger partial charge is 0.355 e. The van der Waals surface area contributed by atoms with Gasteiger partial charge in [0.2, 0.25) is 5.91 Å². The van der Waals surface area contributed by atoms with Gasteiger partial charge in [-0.15, -0.1) is 0 Å². The van der Waals surface area contributed by atoms with Crippen LogP contribution in [0.5, 0.6) is 5.75 Å². The van der Waals surface area contributed by atoms with E-state index in [2.05, 4.69) is 5.32 Å². The van der Waals surface area contributed by atoms with Gasteiger partial charge >= 0.3 is 11.9 Å². The molecule has 0 aromatic heterocycles. The summed E-state index contributed by atoms with van der Waals surface area (Å²) in [4.78, 5) is 37.0. The van der Waals surface area contributed by atoms with E-state index in [1.54, 1.807) is 42.6 Å². The molecule has 0 radical (unpaired) electrons. The van der Waals surface area contributed by atoms with Gasteiger partial charge in [0, 0.05) is 24.9 Å². The number of ether oxygens (including phenoxy) is 3. The molecule has 0 spiro atoms. The summed E-state index contributed by atoms with van der Waals surface area (Å²) in [6.07, 6.45) is 6.43. The fourth-order valence-electron chi connectivity index (χ4n) is 2.48. The van der Waals surface area contributed by atoms with Crippen molar-refractivity contribution in [1.29, 1.82) is 0 Å². The van der Waals surface area contributed by atoms with Crippen LogP contribution in [0.15, 0.2) is 60.0 Å². The molecule has 8 heteroatoms. The number of methoxy groups -OCH3 is 2. The minimum atomic E-state index is -0.687. The monoisotopic (exact) mass is 386 g/mol. The predicted molar refractivity (Wildman–Crippen MR) is 102 cm³/mol. The molecule has 0 fully saturated rings. The van der Waals surface area contributed by atoms with Crippen molar-refractivity contribution in [2.45, 2.75) is 6.92 Å². The minimum Gasteiger partial charge on any atom is -0.492 e. The van der Waals surface area contributed by atoms with Crippen LogP contribution in [0, 0.1) is 0 Å². The van der Waals surface area contributed by atoms with E-state index < -0.39 is 11.9 Å². The van der Waals surface area contributed by atoms with Crippen LogP contribution in [-0.2, 0) is 23.9 Å². The number of nitrogens with zero attached hydrogens (tertiary/aromatic N) is 1. The van der Waals surface area contributed by atoms with Crippen LogP contribution in [0.2, 0.25) is 0 Å². The van der Waals surface area contributed by atoms with Gasteiger partial charge in [0.1, 0.15) is 18.1 Å². The standard InChI is InChI=1S/C20H22N2O6/c1-14(23)21-10-12-28-16-8-6-7-15(13-16)22-11-5-4-9-17(19(24)26-2)18(22)20(25)27-3/h4-9,11,13H,10,12H2,1-3H3,(H,21,23). The van der Waals surface area contributed by atoms with Crippen LogP contribution in [-0.4, -0.2) is 45.2 Å². The first-order valence-electron chi connectivity index (χ1n) is 8.50. The maximum absolute atomic E-state index is 12.4. The second-order valence-electron chi connectivity index (χ2n) is 5.64. The van der Waals surface area contributed by atoms with Gasteiger partial charge < -0.3 is 24.4 Å². The third-order valence-corrected chi connectivity index (χ3v) is 3.73. The molecular formula is C20H22N2O6. The number of hydrogen-bond acceptors (Lipinski definition) is 7. The Hall–Kier alpha value is -3.55. The van der Waals surface area contributed by atoms with Crippen molar-refractivity contribution < 1.29 is 28.6 Å². The van der Waals surface area contributed by atoms with Crippen molar-refractivity contribution in [3.8, 4) is 5.75 Å². The minimum absolute atomic E-state index is 0.0229. The maximum Gasteiger partial charge on any atom is 0.355 e. The molecule has 0 bridgehead atoms. The third kappa shape index (κ3) is 5.23. The zero-order valence-electron chi connectivity index (χ0n) is 15.9. The Morgan fingerprint density at radius 1 is 1.07 bits per heavy atom. The second kappa shape index (κ2) is 9.96. The largest absolute Gasteiger partial charge is 0.492 e. The summed E-state index contributed by atoms with van der Waals surface area (Å²) in [5.41, 5.74) is 0.671. The van der Waals surface area contributed by atoms with E-state index in [0.717, 1.165) is 0 Å². The lowest BCUT2D eigenvalue weighted by molar-refractivity contribution is -0.139. The molecule has 1 aromatic rings. The summed E-state index contributed by atoms with van der Waals surface area (Å²) < 4.78 is 15.3. The van der Waals surface area contributed by atoms with E-state index in [9.17, 15) is 14.4 Å². The summed E-state index contributed by atoms with van der Waals surface area (Å²) >= 11 is 0. The lowest BCUT2D eigenvalue weighted by Gasteiger charge is -2.23. The highest BCUT2D eigenvalue weighted by Crippen LogP contribution is 2.28. The first-order valence-corrected chi connectivity index (χ1v) is 8.50. The Morgan fingerprint density at radius 2 is 1.82 bits per heavy atom. The molecule has 0 unspecified atom stereocenters. The number of benzene rings is 1. The number of esters is 2. The van der Waals surface area contributed by atoms with Crippen molar-refractivity contribution in [1.82, 2.24) is 5.32 Å². The Labute approximate surface area is 163 Å². The summed E-state index contributed by atoms with van der Waals surface area (Å²) in [5, 5.41) is 2.64. The topological polar surface area (TPSA) is 94.2 Å². The van der Waals surface area contributed by atoms with Gasteiger partial charge in [0.25, 0.3) is 0 Å². The quantitative estimate of drug-likeness (QED) is 0.563. The molecule has 28 heavy (non-hydrogen) atoms. The molecule has 1 aliphatic heterocycles. The van der Waals surface area contributed by atoms with Gasteiger partial charge in [-0.05, 0) is 24.3 Å². The number of amides is 1. The Morgan fingerprint density at radius 3 is 2.50 bits per heavy atom. The van der Waals surface area contributed by atoms with Crippen LogP contribution in [0.1, 0.15) is 6.92 Å². The van der Waals surface area contributed by atoms with Crippen LogP contribution in [0.3, 0.4) is 0 Å². The highest BCUT2D eigenvalue weighted by atomic mass is 16.5. The van der Waals surface area contributed by atoms with Crippen molar-refractivity contribution in [2.75, 3.05) is 32.3 Å². The number of rotatable bonds is 7. The fraction of sp³-hybridized carbons (Fsp3) is 0.250. The SMILES string of the molecule is COC(=O)C1=C(C(=O)OC)N(c2cccc(OCCNC(C)=O)c2)C=CC=C1. The highest BCUT2D eigenvalue weighted by Gasteiger charge is 2.27. The first kappa shape index (κ1) is 20.8. The number of nitrogens with one attached hydrogen (secondary N) is 1. The van der Waals surface area contributed by atoms with E-state index in [1.165, 1.54) is 32.1 Å². The van der Waals surface area contributed by atoms with Gasteiger partial charge in [0.05, 0.1) is 26.3 Å². The fourth-order valence-corrected chi connectivity index (χ4v) is 2.48. The average molecular weight is 386 g/mol. The molecule has 148 valence electrons. The normalized spacial score (nSPS) is 13.0. The van der Waals surface area contributed by atoms with Gasteiger partial charge in [0.15, 0.2) is 0 Å². The molecular weight excluding hydrogens is 364 g/mol. The number of anilines is 1. The summed E-state index contributed by atoms with van der Waals surface area (Å²) in [5.74, 6) is -0.943. The molecule has 2 rings (SSSR count). The van der Waals surface area contributed by atoms with Gasteiger partial charge in [-0.3, -0.25) is 4.79 Å². The molecule has 0 saturated heterocycles. The lowest BCUT2D eigenvalue weighted by atomic mass is 10.1. The molecule has 1 aromatic carbocycles. The summed E-state index contributed by atoms with van der Waals surface area (Å²) in [6, 6.07) is 6.97. The molecule has 1 heterocycles.